The lowest BCUT2D eigenvalue weighted by Gasteiger charge is -2.12. The minimum atomic E-state index is -4.56. The van der Waals surface area contributed by atoms with E-state index in [-0.39, 0.29) is 21.7 Å². The molecule has 0 heterocycles. The summed E-state index contributed by atoms with van der Waals surface area (Å²) in [7, 11) is 0. The Labute approximate surface area is 144 Å². The van der Waals surface area contributed by atoms with E-state index in [1.54, 1.807) is 0 Å². The van der Waals surface area contributed by atoms with E-state index in [0.717, 1.165) is 30.3 Å². The standard InChI is InChI=1S/C16H9ClF3NO4/c1-8(11-4-3-10(7-13(11)17)16(18,19)20)9-2-5-14(21(24)25)12(6-9)15(22)23/h2-7H,1H2,(H,22,23). The predicted octanol–water partition coefficient (Wildman–Crippen LogP) is 5.03. The molecule has 2 aromatic carbocycles. The van der Waals surface area contributed by atoms with Gasteiger partial charge in [0.05, 0.1) is 10.5 Å². The molecule has 0 amide bonds. The van der Waals surface area contributed by atoms with Crippen LogP contribution in [0.2, 0.25) is 5.02 Å². The van der Waals surface area contributed by atoms with Crippen LogP contribution in [0.15, 0.2) is 43.0 Å². The highest BCUT2D eigenvalue weighted by molar-refractivity contribution is 6.32. The smallest absolute Gasteiger partial charge is 0.416 e. The topological polar surface area (TPSA) is 80.4 Å². The lowest BCUT2D eigenvalue weighted by atomic mass is 9.96. The largest absolute Gasteiger partial charge is 0.477 e. The van der Waals surface area contributed by atoms with Crippen LogP contribution in [0.3, 0.4) is 0 Å². The number of aromatic carboxylic acids is 1. The van der Waals surface area contributed by atoms with Crippen LogP contribution in [0.25, 0.3) is 5.57 Å². The van der Waals surface area contributed by atoms with E-state index < -0.39 is 33.9 Å². The molecule has 2 rings (SSSR count). The fourth-order valence-electron chi connectivity index (χ4n) is 2.15. The molecule has 9 heteroatoms. The molecule has 2 aromatic rings. The first-order valence-corrected chi connectivity index (χ1v) is 6.98. The Balaban J connectivity index is 2.50. The molecule has 0 saturated heterocycles. The fourth-order valence-corrected chi connectivity index (χ4v) is 2.44. The molecular formula is C16H9ClF3NO4. The second-order valence-electron chi connectivity index (χ2n) is 4.97. The molecule has 0 saturated carbocycles. The van der Waals surface area contributed by atoms with E-state index in [9.17, 15) is 28.1 Å². The maximum absolute atomic E-state index is 12.7. The first-order valence-electron chi connectivity index (χ1n) is 6.60. The van der Waals surface area contributed by atoms with Gasteiger partial charge in [-0.15, -0.1) is 0 Å². The van der Waals surface area contributed by atoms with Gasteiger partial charge in [-0.3, -0.25) is 10.1 Å². The first-order chi connectivity index (χ1) is 11.5. The third-order valence-corrected chi connectivity index (χ3v) is 3.71. The van der Waals surface area contributed by atoms with Crippen LogP contribution < -0.4 is 0 Å². The number of carboxylic acid groups (broad SMARTS) is 1. The van der Waals surface area contributed by atoms with Gasteiger partial charge in [0, 0.05) is 16.7 Å². The Morgan fingerprint density at radius 2 is 1.80 bits per heavy atom. The maximum atomic E-state index is 12.7. The molecule has 25 heavy (non-hydrogen) atoms. The molecule has 130 valence electrons. The van der Waals surface area contributed by atoms with Crippen molar-refractivity contribution in [2.45, 2.75) is 6.18 Å². The number of nitrogens with zero attached hydrogens (tertiary/aromatic N) is 1. The van der Waals surface area contributed by atoms with Gasteiger partial charge < -0.3 is 5.11 Å². The zero-order valence-corrected chi connectivity index (χ0v) is 13.1. The quantitative estimate of drug-likeness (QED) is 0.604. The maximum Gasteiger partial charge on any atom is 0.416 e. The minimum Gasteiger partial charge on any atom is -0.477 e. The van der Waals surface area contributed by atoms with Crippen LogP contribution in [-0.2, 0) is 6.18 Å². The summed E-state index contributed by atoms with van der Waals surface area (Å²) in [5, 5.41) is 19.7. The zero-order valence-electron chi connectivity index (χ0n) is 12.3. The van der Waals surface area contributed by atoms with Gasteiger partial charge in [-0.25, -0.2) is 4.79 Å². The van der Waals surface area contributed by atoms with Gasteiger partial charge in [-0.05, 0) is 35.4 Å². The van der Waals surface area contributed by atoms with Gasteiger partial charge in [0.25, 0.3) is 5.69 Å². The van der Waals surface area contributed by atoms with Gasteiger partial charge in [0.15, 0.2) is 0 Å². The minimum absolute atomic E-state index is 0.135. The van der Waals surface area contributed by atoms with Crippen molar-refractivity contribution in [2.24, 2.45) is 0 Å². The summed E-state index contributed by atoms with van der Waals surface area (Å²) >= 11 is 5.88. The number of rotatable bonds is 4. The van der Waals surface area contributed by atoms with E-state index in [2.05, 4.69) is 6.58 Å². The molecule has 0 atom stereocenters. The number of benzene rings is 2. The van der Waals surface area contributed by atoms with Crippen molar-refractivity contribution >= 4 is 28.8 Å². The van der Waals surface area contributed by atoms with Crippen molar-refractivity contribution in [3.63, 3.8) is 0 Å². The Morgan fingerprint density at radius 3 is 2.28 bits per heavy atom. The number of nitro benzene ring substituents is 1. The van der Waals surface area contributed by atoms with Crippen LogP contribution in [0.4, 0.5) is 18.9 Å². The number of hydrogen-bond donors (Lipinski definition) is 1. The lowest BCUT2D eigenvalue weighted by Crippen LogP contribution is -2.05. The van der Waals surface area contributed by atoms with E-state index >= 15 is 0 Å². The molecule has 0 unspecified atom stereocenters. The van der Waals surface area contributed by atoms with Gasteiger partial charge in [-0.2, -0.15) is 13.2 Å². The predicted molar refractivity (Wildman–Crippen MR) is 84.6 cm³/mol. The Kier molecular flexibility index (Phi) is 4.85. The number of nitro groups is 1. The van der Waals surface area contributed by atoms with Crippen molar-refractivity contribution < 1.29 is 28.0 Å². The van der Waals surface area contributed by atoms with Crippen LogP contribution >= 0.6 is 11.6 Å². The van der Waals surface area contributed by atoms with Crippen LogP contribution in [0, 0.1) is 10.1 Å². The Bertz CT molecular complexity index is 893. The number of carbonyl (C=O) groups is 1. The lowest BCUT2D eigenvalue weighted by molar-refractivity contribution is -0.385. The molecule has 0 spiro atoms. The summed E-state index contributed by atoms with van der Waals surface area (Å²) in [4.78, 5) is 21.2. The summed E-state index contributed by atoms with van der Waals surface area (Å²) in [5.41, 5.74) is -1.64. The zero-order chi connectivity index (χ0) is 18.9. The monoisotopic (exact) mass is 371 g/mol. The second kappa shape index (κ2) is 6.56. The van der Waals surface area contributed by atoms with Gasteiger partial charge in [0.1, 0.15) is 5.56 Å². The van der Waals surface area contributed by atoms with Crippen LogP contribution in [-0.4, -0.2) is 16.0 Å². The molecule has 0 radical (unpaired) electrons. The average molecular weight is 372 g/mol. The van der Waals surface area contributed by atoms with Crippen molar-refractivity contribution in [1.29, 1.82) is 0 Å². The normalized spacial score (nSPS) is 11.2. The van der Waals surface area contributed by atoms with Crippen LogP contribution in [0.1, 0.15) is 27.0 Å². The summed E-state index contributed by atoms with van der Waals surface area (Å²) in [6.45, 7) is 3.69. The average Bonchev–Trinajstić information content (AvgIpc) is 2.52. The SMILES string of the molecule is C=C(c1ccc([N+](=O)[O-])c(C(=O)O)c1)c1ccc(C(F)(F)F)cc1Cl. The van der Waals surface area contributed by atoms with Crippen molar-refractivity contribution in [2.75, 3.05) is 0 Å². The molecule has 5 nitrogen and oxygen atoms in total. The van der Waals surface area contributed by atoms with Crippen LogP contribution in [0.5, 0.6) is 0 Å². The highest BCUT2D eigenvalue weighted by Crippen LogP contribution is 2.36. The number of carboxylic acids is 1. The highest BCUT2D eigenvalue weighted by atomic mass is 35.5. The fraction of sp³-hybridized carbons (Fsp3) is 0.0625. The number of alkyl halides is 3. The Hall–Kier alpha value is -2.87. The third kappa shape index (κ3) is 3.80. The summed E-state index contributed by atoms with van der Waals surface area (Å²) in [6.07, 6.45) is -4.56. The molecule has 0 bridgehead atoms. The molecule has 0 fully saturated rings. The first kappa shape index (κ1) is 18.5. The third-order valence-electron chi connectivity index (χ3n) is 3.39. The molecular weight excluding hydrogens is 363 g/mol. The van der Waals surface area contributed by atoms with E-state index in [1.165, 1.54) is 6.07 Å². The van der Waals surface area contributed by atoms with Gasteiger partial charge >= 0.3 is 12.1 Å². The number of hydrogen-bond acceptors (Lipinski definition) is 3. The van der Waals surface area contributed by atoms with E-state index in [4.69, 9.17) is 16.7 Å². The molecule has 0 aliphatic rings. The summed E-state index contributed by atoms with van der Waals surface area (Å²) in [5.74, 6) is -1.51. The summed E-state index contributed by atoms with van der Waals surface area (Å²) in [6, 6.07) is 5.91. The van der Waals surface area contributed by atoms with E-state index in [1.807, 2.05) is 0 Å². The second-order valence-corrected chi connectivity index (χ2v) is 5.37. The molecule has 0 aromatic heterocycles. The van der Waals surface area contributed by atoms with Gasteiger partial charge in [0.2, 0.25) is 0 Å². The highest BCUT2D eigenvalue weighted by Gasteiger charge is 2.31. The number of halogens is 4. The summed E-state index contributed by atoms with van der Waals surface area (Å²) < 4.78 is 38.0. The Morgan fingerprint density at radius 1 is 1.16 bits per heavy atom. The molecule has 1 N–H and O–H groups in total. The van der Waals surface area contributed by atoms with E-state index in [0.29, 0.717) is 0 Å². The van der Waals surface area contributed by atoms with Gasteiger partial charge in [-0.1, -0.05) is 24.2 Å². The van der Waals surface area contributed by atoms with Crippen molar-refractivity contribution in [3.05, 3.63) is 80.4 Å². The van der Waals surface area contributed by atoms with Crippen molar-refractivity contribution in [1.82, 2.24) is 0 Å². The molecule has 0 aliphatic heterocycles. The van der Waals surface area contributed by atoms with Crippen molar-refractivity contribution in [3.8, 4) is 0 Å². The molecule has 0 aliphatic carbocycles.